The zero-order chi connectivity index (χ0) is 37.1. The van der Waals surface area contributed by atoms with Gasteiger partial charge in [-0.25, -0.2) is 8.78 Å². The quantitative estimate of drug-likeness (QED) is 0.0998. The highest BCUT2D eigenvalue weighted by Gasteiger charge is 2.54. The number of amides is 1. The van der Waals surface area contributed by atoms with E-state index in [0.29, 0.717) is 57.5 Å². The number of H-pyrrole nitrogens is 1. The Morgan fingerprint density at radius 3 is 2.08 bits per heavy atom. The number of carbonyl (C=O) groups is 3. The smallest absolute Gasteiger partial charge is 0.458 e. The average Bonchev–Trinajstić information content (AvgIpc) is 3.46. The fourth-order valence-corrected chi connectivity index (χ4v) is 6.27. The molecule has 0 unspecified atom stereocenters. The van der Waals surface area contributed by atoms with Crippen LogP contribution < -0.4 is 15.5 Å². The van der Waals surface area contributed by atoms with E-state index < -0.39 is 35.6 Å². The van der Waals surface area contributed by atoms with Crippen LogP contribution in [0.15, 0.2) is 35.1 Å². The number of hydrogen-bond donors (Lipinski definition) is 4. The van der Waals surface area contributed by atoms with Gasteiger partial charge < -0.3 is 25.6 Å². The van der Waals surface area contributed by atoms with Gasteiger partial charge in [-0.3, -0.25) is 19.2 Å². The monoisotopic (exact) mass is 740 g/mol. The maximum absolute atomic E-state index is 13.4. The normalized spacial score (nSPS) is 13.9. The minimum Gasteiger partial charge on any atom is -0.506 e. The summed E-state index contributed by atoms with van der Waals surface area (Å²) >= 11 is 1.11. The van der Waals surface area contributed by atoms with Gasteiger partial charge in [0.2, 0.25) is 5.91 Å². The highest BCUT2D eigenvalue weighted by Crippen LogP contribution is 2.28. The number of benzene rings is 2. The Morgan fingerprint density at radius 2 is 1.46 bits per heavy atom. The van der Waals surface area contributed by atoms with E-state index in [1.165, 1.54) is 12.5 Å². The summed E-state index contributed by atoms with van der Waals surface area (Å²) in [5.41, 5.74) is 2.21. The first kappa shape index (κ1) is 40.5. The number of phenols is 1. The Hall–Kier alpha value is -3.90. The number of fused-ring (bicyclic) bond motifs is 1. The molecule has 1 amide bonds. The Bertz CT molecular complexity index is 1640. The molecule has 4 rings (SSSR count). The second kappa shape index (κ2) is 18.4. The SMILES string of the molecule is O=C(C(=O)C(F)(F)F)C(F)(F)F.O=C(CCNCCc1ccc(F)c(F)c1)N(CCNCCc1ccc(O)c2[nH]c(=O)sc12)C1CCCCC1. The number of phenolic OH excluding ortho intramolecular Hbond substituents is 1. The van der Waals surface area contributed by atoms with E-state index in [1.807, 2.05) is 11.0 Å². The van der Waals surface area contributed by atoms with Crippen LogP contribution in [0.4, 0.5) is 35.1 Å². The highest BCUT2D eigenvalue weighted by molar-refractivity contribution is 7.16. The molecule has 276 valence electrons. The molecule has 1 saturated carbocycles. The average molecular weight is 741 g/mol. The molecule has 0 saturated heterocycles. The number of Topliss-reactive ketones (excluding diaryl/α,β-unsaturated/α-hetero) is 2. The third kappa shape index (κ3) is 12.2. The number of hydrogen-bond acceptors (Lipinski definition) is 8. The van der Waals surface area contributed by atoms with Gasteiger partial charge in [-0.15, -0.1) is 0 Å². The van der Waals surface area contributed by atoms with E-state index in [9.17, 15) is 59.4 Å². The lowest BCUT2D eigenvalue weighted by molar-refractivity contribution is -0.193. The Balaban J connectivity index is 0.000000482. The minimum atomic E-state index is -5.77. The summed E-state index contributed by atoms with van der Waals surface area (Å²) in [6.45, 7) is 3.14. The fourth-order valence-electron chi connectivity index (χ4n) is 5.37. The molecule has 1 aliphatic rings. The van der Waals surface area contributed by atoms with Crippen LogP contribution in [0, 0.1) is 11.6 Å². The van der Waals surface area contributed by atoms with Crippen molar-refractivity contribution in [1.82, 2.24) is 20.5 Å². The van der Waals surface area contributed by atoms with Gasteiger partial charge in [-0.05, 0) is 68.1 Å². The van der Waals surface area contributed by atoms with Crippen molar-refractivity contribution in [3.05, 3.63) is 62.8 Å². The number of alkyl halides is 6. The van der Waals surface area contributed by atoms with Crippen LogP contribution in [0.1, 0.15) is 49.7 Å². The van der Waals surface area contributed by atoms with E-state index >= 15 is 0 Å². The largest absolute Gasteiger partial charge is 0.506 e. The summed E-state index contributed by atoms with van der Waals surface area (Å²) in [4.78, 5) is 48.6. The van der Waals surface area contributed by atoms with E-state index in [2.05, 4.69) is 15.6 Å². The molecule has 1 heterocycles. The summed E-state index contributed by atoms with van der Waals surface area (Å²) < 4.78 is 94.2. The Kier molecular flexibility index (Phi) is 14.9. The van der Waals surface area contributed by atoms with E-state index in [1.54, 1.807) is 12.1 Å². The molecular weight excluding hydrogens is 704 g/mol. The van der Waals surface area contributed by atoms with Crippen molar-refractivity contribution in [2.24, 2.45) is 0 Å². The van der Waals surface area contributed by atoms with Gasteiger partial charge in [0.15, 0.2) is 11.6 Å². The lowest BCUT2D eigenvalue weighted by Gasteiger charge is -2.34. The maximum atomic E-state index is 13.4. The second-order valence-electron chi connectivity index (χ2n) is 11.5. The number of nitrogens with one attached hydrogen (secondary N) is 3. The summed E-state index contributed by atoms with van der Waals surface area (Å²) in [5, 5.41) is 16.7. The number of ketones is 2. The van der Waals surface area contributed by atoms with Crippen molar-refractivity contribution in [3.8, 4) is 5.75 Å². The summed E-state index contributed by atoms with van der Waals surface area (Å²) in [7, 11) is 0. The van der Waals surface area contributed by atoms with E-state index in [-0.39, 0.29) is 22.6 Å². The summed E-state index contributed by atoms with van der Waals surface area (Å²) in [6.07, 6.45) is -4.30. The number of halogens is 8. The zero-order valence-corrected chi connectivity index (χ0v) is 27.4. The molecule has 4 N–H and O–H groups in total. The van der Waals surface area contributed by atoms with Gasteiger partial charge in [-0.2, -0.15) is 26.3 Å². The lowest BCUT2D eigenvalue weighted by atomic mass is 9.94. The van der Waals surface area contributed by atoms with Crippen molar-refractivity contribution in [1.29, 1.82) is 0 Å². The third-order valence-corrected chi connectivity index (χ3v) is 8.84. The fraction of sp³-hybridized carbons (Fsp3) is 0.500. The Labute approximate surface area is 285 Å². The van der Waals surface area contributed by atoms with Crippen molar-refractivity contribution < 1.29 is 54.6 Å². The first-order valence-corrected chi connectivity index (χ1v) is 16.5. The van der Waals surface area contributed by atoms with Gasteiger partial charge >= 0.3 is 28.8 Å². The number of aromatic hydroxyl groups is 1. The van der Waals surface area contributed by atoms with Crippen molar-refractivity contribution in [2.45, 2.75) is 69.8 Å². The standard InChI is InChI=1S/C28H36F2N4O3S.C4F6O2/c29-22-8-6-19(18-23(22)30)10-13-31-15-12-25(36)34(21-4-2-1-3-5-21)17-16-32-14-11-20-7-9-24(35)26-27(20)38-28(37)33-26;5-3(6,7)1(11)2(12)4(8,9)10/h6-9,18,21,31-32,35H,1-5,10-17H2,(H,33,37);. The van der Waals surface area contributed by atoms with Crippen molar-refractivity contribution in [3.63, 3.8) is 0 Å². The molecule has 0 aliphatic heterocycles. The first-order valence-electron chi connectivity index (χ1n) is 15.7. The Morgan fingerprint density at radius 1 is 0.840 bits per heavy atom. The number of nitrogens with zero attached hydrogens (tertiary/aromatic N) is 1. The van der Waals surface area contributed by atoms with Crippen molar-refractivity contribution in [2.75, 3.05) is 32.7 Å². The van der Waals surface area contributed by atoms with Crippen molar-refractivity contribution >= 4 is 39.0 Å². The molecule has 9 nitrogen and oxygen atoms in total. The molecule has 0 radical (unpaired) electrons. The van der Waals surface area contributed by atoms with E-state index in [0.717, 1.165) is 58.9 Å². The number of thiazole rings is 1. The molecule has 0 spiro atoms. The molecular formula is C32H36F8N4O5S. The molecule has 0 atom stereocenters. The van der Waals surface area contributed by atoms with Crippen LogP contribution in [0.2, 0.25) is 0 Å². The van der Waals surface area contributed by atoms with Crippen LogP contribution >= 0.6 is 11.3 Å². The molecule has 1 aromatic heterocycles. The number of carbonyl (C=O) groups excluding carboxylic acids is 3. The van der Waals surface area contributed by atoms with Gasteiger partial charge in [0.05, 0.1) is 4.70 Å². The van der Waals surface area contributed by atoms with Gasteiger partial charge in [0, 0.05) is 32.1 Å². The molecule has 1 fully saturated rings. The van der Waals surface area contributed by atoms with Crippen LogP contribution in [0.25, 0.3) is 10.2 Å². The number of aromatic nitrogens is 1. The van der Waals surface area contributed by atoms with E-state index in [4.69, 9.17) is 0 Å². The van der Waals surface area contributed by atoms with Crippen LogP contribution in [-0.2, 0) is 27.2 Å². The molecule has 50 heavy (non-hydrogen) atoms. The lowest BCUT2D eigenvalue weighted by Crippen LogP contribution is -2.45. The summed E-state index contributed by atoms with van der Waals surface area (Å²) in [5.74, 6) is -8.29. The van der Waals surface area contributed by atoms with Gasteiger partial charge in [-0.1, -0.05) is 42.7 Å². The second-order valence-corrected chi connectivity index (χ2v) is 12.5. The zero-order valence-electron chi connectivity index (χ0n) is 26.6. The molecule has 18 heteroatoms. The predicted molar refractivity (Wildman–Crippen MR) is 169 cm³/mol. The molecule has 0 bridgehead atoms. The predicted octanol–water partition coefficient (Wildman–Crippen LogP) is 5.34. The molecule has 1 aliphatic carbocycles. The molecule has 2 aromatic carbocycles. The first-order chi connectivity index (χ1) is 23.5. The van der Waals surface area contributed by atoms with Crippen LogP contribution in [0.3, 0.4) is 0 Å². The van der Waals surface area contributed by atoms with Crippen LogP contribution in [-0.4, -0.2) is 83.6 Å². The third-order valence-electron chi connectivity index (χ3n) is 7.89. The minimum absolute atomic E-state index is 0.0792. The summed E-state index contributed by atoms with van der Waals surface area (Å²) in [6, 6.07) is 7.65. The maximum Gasteiger partial charge on any atom is 0.458 e. The van der Waals surface area contributed by atoms with Gasteiger partial charge in [0.1, 0.15) is 11.3 Å². The topological polar surface area (TPSA) is 132 Å². The van der Waals surface area contributed by atoms with Gasteiger partial charge in [0.25, 0.3) is 0 Å². The number of rotatable bonds is 14. The number of aromatic amines is 1. The highest BCUT2D eigenvalue weighted by atomic mass is 32.1. The molecule has 3 aromatic rings. The van der Waals surface area contributed by atoms with Crippen LogP contribution in [0.5, 0.6) is 5.75 Å².